The van der Waals surface area contributed by atoms with Gasteiger partial charge in [-0.25, -0.2) is 10.8 Å². The third kappa shape index (κ3) is 3.16. The van der Waals surface area contributed by atoms with Crippen molar-refractivity contribution in [1.29, 1.82) is 0 Å². The van der Waals surface area contributed by atoms with Crippen LogP contribution in [-0.2, 0) is 11.3 Å². The van der Waals surface area contributed by atoms with E-state index in [-0.39, 0.29) is 11.5 Å². The fourth-order valence-electron chi connectivity index (χ4n) is 1.51. The molecule has 1 aromatic rings. The van der Waals surface area contributed by atoms with Crippen LogP contribution in [0.2, 0.25) is 0 Å². The zero-order valence-electron chi connectivity index (χ0n) is 9.49. The maximum atomic E-state index is 11.6. The normalized spacial score (nSPS) is 10.2. The van der Waals surface area contributed by atoms with Crippen LogP contribution < -0.4 is 16.8 Å². The molecule has 0 saturated carbocycles. The molecule has 0 unspecified atom stereocenters. The van der Waals surface area contributed by atoms with E-state index in [0.29, 0.717) is 30.9 Å². The monoisotopic (exact) mass is 224 g/mol. The maximum Gasteiger partial charge on any atom is 0.253 e. The number of nitrogens with zero attached hydrogens (tertiary/aromatic N) is 2. The number of carbonyl (C=O) groups excluding carboxylic acids is 1. The van der Waals surface area contributed by atoms with Gasteiger partial charge in [-0.3, -0.25) is 19.6 Å². The Labute approximate surface area is 93.5 Å². The lowest BCUT2D eigenvalue weighted by molar-refractivity contribution is -0.121. The Bertz CT molecular complexity index is 439. The number of carbonyl (C=O) groups is 1. The Balaban J connectivity index is 2.68. The van der Waals surface area contributed by atoms with Gasteiger partial charge >= 0.3 is 0 Å². The minimum Gasteiger partial charge on any atom is -0.297 e. The average Bonchev–Trinajstić information content (AvgIpc) is 2.21. The highest BCUT2D eigenvalue weighted by molar-refractivity contribution is 5.75. The van der Waals surface area contributed by atoms with E-state index in [4.69, 9.17) is 5.84 Å². The second-order valence-corrected chi connectivity index (χ2v) is 3.61. The summed E-state index contributed by atoms with van der Waals surface area (Å²) >= 11 is 0. The van der Waals surface area contributed by atoms with Crippen molar-refractivity contribution < 1.29 is 4.79 Å². The van der Waals surface area contributed by atoms with Crippen molar-refractivity contribution in [1.82, 2.24) is 15.0 Å². The predicted octanol–water partition coefficient (Wildman–Crippen LogP) is -0.370. The number of rotatable bonds is 4. The SMILES string of the molecule is Cc1cc(=O)n(CCCC(=O)NN)c(C)n1. The summed E-state index contributed by atoms with van der Waals surface area (Å²) in [6, 6.07) is 1.48. The minimum atomic E-state index is -0.231. The molecular formula is C10H16N4O2. The molecule has 0 aliphatic carbocycles. The average molecular weight is 224 g/mol. The molecule has 0 saturated heterocycles. The van der Waals surface area contributed by atoms with Gasteiger partial charge in [-0.2, -0.15) is 0 Å². The number of aryl methyl sites for hydroxylation is 2. The maximum absolute atomic E-state index is 11.6. The summed E-state index contributed by atoms with van der Waals surface area (Å²) in [5.41, 5.74) is 2.67. The van der Waals surface area contributed by atoms with Crippen molar-refractivity contribution in [3.8, 4) is 0 Å². The molecule has 0 aliphatic heterocycles. The first-order chi connectivity index (χ1) is 7.54. The first-order valence-corrected chi connectivity index (χ1v) is 5.09. The van der Waals surface area contributed by atoms with Crippen LogP contribution in [0.3, 0.4) is 0 Å². The molecule has 0 bridgehead atoms. The van der Waals surface area contributed by atoms with Gasteiger partial charge in [0.1, 0.15) is 5.82 Å². The number of hydrogen-bond acceptors (Lipinski definition) is 4. The number of amides is 1. The molecule has 0 radical (unpaired) electrons. The van der Waals surface area contributed by atoms with E-state index in [1.54, 1.807) is 18.4 Å². The topological polar surface area (TPSA) is 90.0 Å². The van der Waals surface area contributed by atoms with Crippen molar-refractivity contribution in [3.63, 3.8) is 0 Å². The van der Waals surface area contributed by atoms with Crippen LogP contribution in [0.25, 0.3) is 0 Å². The third-order valence-corrected chi connectivity index (χ3v) is 2.27. The van der Waals surface area contributed by atoms with Crippen molar-refractivity contribution in [2.24, 2.45) is 5.84 Å². The van der Waals surface area contributed by atoms with E-state index in [2.05, 4.69) is 4.98 Å². The van der Waals surface area contributed by atoms with Crippen molar-refractivity contribution in [2.45, 2.75) is 33.2 Å². The molecule has 6 heteroatoms. The number of nitrogens with two attached hydrogens (primary N) is 1. The summed E-state index contributed by atoms with van der Waals surface area (Å²) in [4.78, 5) is 26.7. The van der Waals surface area contributed by atoms with E-state index in [1.165, 1.54) is 6.07 Å². The van der Waals surface area contributed by atoms with Gasteiger partial charge in [-0.15, -0.1) is 0 Å². The van der Waals surface area contributed by atoms with Crippen LogP contribution in [-0.4, -0.2) is 15.5 Å². The van der Waals surface area contributed by atoms with Gasteiger partial charge in [0.05, 0.1) is 0 Å². The van der Waals surface area contributed by atoms with Gasteiger partial charge in [0.25, 0.3) is 5.56 Å². The summed E-state index contributed by atoms with van der Waals surface area (Å²) in [5, 5.41) is 0. The molecule has 0 fully saturated rings. The zero-order chi connectivity index (χ0) is 12.1. The summed E-state index contributed by atoms with van der Waals surface area (Å²) in [6.07, 6.45) is 0.866. The Morgan fingerprint density at radius 1 is 1.56 bits per heavy atom. The molecule has 1 rings (SSSR count). The van der Waals surface area contributed by atoms with Crippen LogP contribution in [0.5, 0.6) is 0 Å². The molecule has 88 valence electrons. The van der Waals surface area contributed by atoms with E-state index in [9.17, 15) is 9.59 Å². The minimum absolute atomic E-state index is 0.0850. The fraction of sp³-hybridized carbons (Fsp3) is 0.500. The lowest BCUT2D eigenvalue weighted by Gasteiger charge is -2.08. The highest BCUT2D eigenvalue weighted by Crippen LogP contribution is 1.97. The van der Waals surface area contributed by atoms with Crippen molar-refractivity contribution in [2.75, 3.05) is 0 Å². The quantitative estimate of drug-likeness (QED) is 0.415. The number of hydrogen-bond donors (Lipinski definition) is 2. The summed E-state index contributed by atoms with van der Waals surface area (Å²) in [6.45, 7) is 4.03. The third-order valence-electron chi connectivity index (χ3n) is 2.27. The lowest BCUT2D eigenvalue weighted by atomic mass is 10.3. The molecule has 6 nitrogen and oxygen atoms in total. The first kappa shape index (κ1) is 12.4. The van der Waals surface area contributed by atoms with Crippen molar-refractivity contribution in [3.05, 3.63) is 27.9 Å². The molecule has 16 heavy (non-hydrogen) atoms. The summed E-state index contributed by atoms with van der Waals surface area (Å²) in [5.74, 6) is 5.38. The van der Waals surface area contributed by atoms with Gasteiger partial charge in [0.15, 0.2) is 0 Å². The fourth-order valence-corrected chi connectivity index (χ4v) is 1.51. The van der Waals surface area contributed by atoms with E-state index in [0.717, 1.165) is 0 Å². The summed E-state index contributed by atoms with van der Waals surface area (Å²) in [7, 11) is 0. The molecular weight excluding hydrogens is 208 g/mol. The second kappa shape index (κ2) is 5.41. The van der Waals surface area contributed by atoms with Gasteiger partial charge in [-0.05, 0) is 20.3 Å². The van der Waals surface area contributed by atoms with Crippen LogP contribution >= 0.6 is 0 Å². The zero-order valence-corrected chi connectivity index (χ0v) is 9.49. The van der Waals surface area contributed by atoms with Crippen LogP contribution in [0.1, 0.15) is 24.4 Å². The Kier molecular flexibility index (Phi) is 4.19. The summed E-state index contributed by atoms with van der Waals surface area (Å²) < 4.78 is 1.55. The van der Waals surface area contributed by atoms with Gasteiger partial charge in [0.2, 0.25) is 5.91 Å². The molecule has 0 aromatic carbocycles. The van der Waals surface area contributed by atoms with Crippen LogP contribution in [0.4, 0.5) is 0 Å². The number of hydrazine groups is 1. The predicted molar refractivity (Wildman–Crippen MR) is 59.5 cm³/mol. The Morgan fingerprint density at radius 3 is 2.81 bits per heavy atom. The molecule has 1 aromatic heterocycles. The second-order valence-electron chi connectivity index (χ2n) is 3.61. The highest BCUT2D eigenvalue weighted by Gasteiger charge is 2.04. The van der Waals surface area contributed by atoms with Crippen LogP contribution in [0.15, 0.2) is 10.9 Å². The molecule has 3 N–H and O–H groups in total. The Hall–Kier alpha value is -1.69. The molecule has 1 amide bonds. The van der Waals surface area contributed by atoms with E-state index < -0.39 is 0 Å². The standard InChI is InChI=1S/C10H16N4O2/c1-7-6-10(16)14(8(2)12-7)5-3-4-9(15)13-11/h6H,3-5,11H2,1-2H3,(H,13,15). The first-order valence-electron chi connectivity index (χ1n) is 5.09. The van der Waals surface area contributed by atoms with Gasteiger partial charge in [0, 0.05) is 24.7 Å². The molecule has 0 spiro atoms. The van der Waals surface area contributed by atoms with Gasteiger partial charge in [-0.1, -0.05) is 0 Å². The number of aromatic nitrogens is 2. The number of nitrogens with one attached hydrogen (secondary N) is 1. The molecule has 0 atom stereocenters. The van der Waals surface area contributed by atoms with Crippen LogP contribution in [0, 0.1) is 13.8 Å². The largest absolute Gasteiger partial charge is 0.297 e. The molecule has 0 aliphatic rings. The lowest BCUT2D eigenvalue weighted by Crippen LogP contribution is -2.30. The van der Waals surface area contributed by atoms with Gasteiger partial charge < -0.3 is 0 Å². The van der Waals surface area contributed by atoms with Crippen molar-refractivity contribution >= 4 is 5.91 Å². The van der Waals surface area contributed by atoms with E-state index in [1.807, 2.05) is 5.43 Å². The Morgan fingerprint density at radius 2 is 2.25 bits per heavy atom. The molecule has 1 heterocycles. The highest BCUT2D eigenvalue weighted by atomic mass is 16.2. The smallest absolute Gasteiger partial charge is 0.253 e. The van der Waals surface area contributed by atoms with E-state index >= 15 is 0 Å².